The minimum Gasteiger partial charge on any atom is -0.368 e. The maximum absolute atomic E-state index is 10.7. The van der Waals surface area contributed by atoms with Gasteiger partial charge in [0.05, 0.1) is 0 Å². The zero-order valence-corrected chi connectivity index (χ0v) is 8.79. The van der Waals surface area contributed by atoms with Gasteiger partial charge in [-0.15, -0.1) is 10.2 Å². The highest BCUT2D eigenvalue weighted by Crippen LogP contribution is 2.17. The van der Waals surface area contributed by atoms with Crippen LogP contribution in [0.2, 0.25) is 0 Å². The first-order chi connectivity index (χ1) is 7.66. The van der Waals surface area contributed by atoms with E-state index >= 15 is 0 Å². The van der Waals surface area contributed by atoms with Crippen molar-refractivity contribution in [1.29, 1.82) is 0 Å². The van der Waals surface area contributed by atoms with Crippen LogP contribution in [0.1, 0.15) is 5.56 Å². The third kappa shape index (κ3) is 2.05. The average Bonchev–Trinajstić information content (AvgIpc) is 2.66. The Morgan fingerprint density at radius 1 is 1.44 bits per heavy atom. The van der Waals surface area contributed by atoms with E-state index in [4.69, 9.17) is 5.73 Å². The molecule has 0 atom stereocenters. The van der Waals surface area contributed by atoms with Gasteiger partial charge in [0, 0.05) is 5.56 Å². The van der Waals surface area contributed by atoms with Gasteiger partial charge in [0.1, 0.15) is 6.54 Å². The van der Waals surface area contributed by atoms with Crippen LogP contribution in [0.25, 0.3) is 11.4 Å². The number of tetrazole rings is 1. The normalized spacial score (nSPS) is 10.3. The highest BCUT2D eigenvalue weighted by molar-refractivity contribution is 5.73. The van der Waals surface area contributed by atoms with Crippen LogP contribution < -0.4 is 5.73 Å². The zero-order chi connectivity index (χ0) is 11.5. The number of carbonyl (C=O) groups is 1. The number of nitrogens with two attached hydrogens (primary N) is 1. The fraction of sp³-hybridized carbons (Fsp3) is 0.200. The Kier molecular flexibility index (Phi) is 2.63. The van der Waals surface area contributed by atoms with E-state index in [1.165, 1.54) is 4.80 Å². The van der Waals surface area contributed by atoms with E-state index in [1.807, 2.05) is 31.2 Å². The van der Waals surface area contributed by atoms with Gasteiger partial charge in [-0.1, -0.05) is 24.3 Å². The lowest BCUT2D eigenvalue weighted by molar-refractivity contribution is -0.118. The second-order valence-electron chi connectivity index (χ2n) is 3.42. The SMILES string of the molecule is Cc1ccccc1-c1nnn(CC(N)=O)n1. The van der Waals surface area contributed by atoms with Crippen molar-refractivity contribution in [2.45, 2.75) is 13.5 Å². The monoisotopic (exact) mass is 217 g/mol. The van der Waals surface area contributed by atoms with Crippen molar-refractivity contribution in [2.75, 3.05) is 0 Å². The fourth-order valence-electron chi connectivity index (χ4n) is 1.38. The van der Waals surface area contributed by atoms with Crippen molar-refractivity contribution in [3.63, 3.8) is 0 Å². The van der Waals surface area contributed by atoms with Gasteiger partial charge in [-0.3, -0.25) is 4.79 Å². The number of aryl methyl sites for hydroxylation is 1. The Labute approximate surface area is 92.1 Å². The molecule has 2 aromatic rings. The third-order valence-electron chi connectivity index (χ3n) is 2.14. The molecule has 16 heavy (non-hydrogen) atoms. The van der Waals surface area contributed by atoms with Crippen LogP contribution in [0.15, 0.2) is 24.3 Å². The lowest BCUT2D eigenvalue weighted by atomic mass is 10.1. The molecule has 0 radical (unpaired) electrons. The molecule has 0 aliphatic heterocycles. The summed E-state index contributed by atoms with van der Waals surface area (Å²) in [4.78, 5) is 11.9. The van der Waals surface area contributed by atoms with Gasteiger partial charge in [0.25, 0.3) is 0 Å². The molecule has 0 spiro atoms. The standard InChI is InChI=1S/C10H11N5O/c1-7-4-2-3-5-8(7)10-12-14-15(13-10)6-9(11)16/h2-5H,6H2,1H3,(H2,11,16). The molecular weight excluding hydrogens is 206 g/mol. The second-order valence-corrected chi connectivity index (χ2v) is 3.42. The van der Waals surface area contributed by atoms with Gasteiger partial charge in [-0.05, 0) is 17.7 Å². The lowest BCUT2D eigenvalue weighted by Crippen LogP contribution is -2.20. The molecule has 0 saturated carbocycles. The van der Waals surface area contributed by atoms with E-state index in [2.05, 4.69) is 15.4 Å². The van der Waals surface area contributed by atoms with Crippen LogP contribution in [0.4, 0.5) is 0 Å². The molecule has 82 valence electrons. The number of aromatic nitrogens is 4. The number of benzene rings is 1. The van der Waals surface area contributed by atoms with Crippen LogP contribution >= 0.6 is 0 Å². The molecule has 0 unspecified atom stereocenters. The molecule has 6 nitrogen and oxygen atoms in total. The highest BCUT2D eigenvalue weighted by atomic mass is 16.1. The molecule has 0 bridgehead atoms. The van der Waals surface area contributed by atoms with E-state index in [0.29, 0.717) is 5.82 Å². The summed E-state index contributed by atoms with van der Waals surface area (Å²) in [6.45, 7) is 1.91. The van der Waals surface area contributed by atoms with Crippen LogP contribution in [0, 0.1) is 6.92 Å². The van der Waals surface area contributed by atoms with Gasteiger partial charge < -0.3 is 5.73 Å². The quantitative estimate of drug-likeness (QED) is 0.791. The summed E-state index contributed by atoms with van der Waals surface area (Å²) < 4.78 is 0. The Bertz CT molecular complexity index is 519. The molecular formula is C10H11N5O. The third-order valence-corrected chi connectivity index (χ3v) is 2.14. The maximum Gasteiger partial charge on any atom is 0.241 e. The largest absolute Gasteiger partial charge is 0.368 e. The molecule has 1 aromatic carbocycles. The number of nitrogens with zero attached hydrogens (tertiary/aromatic N) is 4. The number of primary amides is 1. The smallest absolute Gasteiger partial charge is 0.241 e. The van der Waals surface area contributed by atoms with Crippen LogP contribution in [0.5, 0.6) is 0 Å². The minimum atomic E-state index is -0.492. The van der Waals surface area contributed by atoms with Crippen LogP contribution in [-0.2, 0) is 11.3 Å². The van der Waals surface area contributed by atoms with Gasteiger partial charge in [0.2, 0.25) is 11.7 Å². The summed E-state index contributed by atoms with van der Waals surface area (Å²) in [5, 5.41) is 11.7. The number of hydrogen-bond donors (Lipinski definition) is 1. The van der Waals surface area contributed by atoms with Crippen molar-refractivity contribution in [1.82, 2.24) is 20.2 Å². The van der Waals surface area contributed by atoms with Crippen molar-refractivity contribution < 1.29 is 4.79 Å². The summed E-state index contributed by atoms with van der Waals surface area (Å²) in [7, 11) is 0. The molecule has 1 amide bonds. The lowest BCUT2D eigenvalue weighted by Gasteiger charge is -1.98. The summed E-state index contributed by atoms with van der Waals surface area (Å²) in [6, 6.07) is 7.70. The zero-order valence-electron chi connectivity index (χ0n) is 8.79. The van der Waals surface area contributed by atoms with Gasteiger partial charge in [0.15, 0.2) is 0 Å². The van der Waals surface area contributed by atoms with Gasteiger partial charge in [-0.25, -0.2) is 0 Å². The predicted molar refractivity (Wildman–Crippen MR) is 57.2 cm³/mol. The number of amides is 1. The van der Waals surface area contributed by atoms with Crippen LogP contribution in [0.3, 0.4) is 0 Å². The first-order valence-electron chi connectivity index (χ1n) is 4.79. The van der Waals surface area contributed by atoms with E-state index < -0.39 is 5.91 Å². The first kappa shape index (κ1) is 10.3. The minimum absolute atomic E-state index is 0.0567. The van der Waals surface area contributed by atoms with Crippen molar-refractivity contribution >= 4 is 5.91 Å². The first-order valence-corrected chi connectivity index (χ1v) is 4.79. The summed E-state index contributed by atoms with van der Waals surface area (Å²) in [6.07, 6.45) is 0. The summed E-state index contributed by atoms with van der Waals surface area (Å²) in [5.41, 5.74) is 6.99. The molecule has 1 heterocycles. The fourth-order valence-corrected chi connectivity index (χ4v) is 1.38. The van der Waals surface area contributed by atoms with Gasteiger partial charge in [-0.2, -0.15) is 4.80 Å². The van der Waals surface area contributed by atoms with Crippen molar-refractivity contribution in [2.24, 2.45) is 5.73 Å². The number of carbonyl (C=O) groups excluding carboxylic acids is 1. The van der Waals surface area contributed by atoms with E-state index in [1.54, 1.807) is 0 Å². The molecule has 0 fully saturated rings. The second kappa shape index (κ2) is 4.09. The van der Waals surface area contributed by atoms with E-state index in [-0.39, 0.29) is 6.54 Å². The Hall–Kier alpha value is -2.24. The molecule has 0 aliphatic carbocycles. The molecule has 2 N–H and O–H groups in total. The summed E-state index contributed by atoms with van der Waals surface area (Å²) >= 11 is 0. The van der Waals surface area contributed by atoms with Crippen LogP contribution in [-0.4, -0.2) is 26.1 Å². The molecule has 0 saturated heterocycles. The summed E-state index contributed by atoms with van der Waals surface area (Å²) in [5.74, 6) is 0.00748. The van der Waals surface area contributed by atoms with Crippen molar-refractivity contribution in [3.8, 4) is 11.4 Å². The number of hydrogen-bond acceptors (Lipinski definition) is 4. The van der Waals surface area contributed by atoms with E-state index in [9.17, 15) is 4.79 Å². The average molecular weight is 217 g/mol. The molecule has 0 aliphatic rings. The van der Waals surface area contributed by atoms with Crippen molar-refractivity contribution in [3.05, 3.63) is 29.8 Å². The Balaban J connectivity index is 2.32. The molecule has 2 rings (SSSR count). The predicted octanol–water partition coefficient (Wildman–Crippen LogP) is 0.134. The topological polar surface area (TPSA) is 86.7 Å². The van der Waals surface area contributed by atoms with E-state index in [0.717, 1.165) is 11.1 Å². The van der Waals surface area contributed by atoms with Gasteiger partial charge >= 0.3 is 0 Å². The Morgan fingerprint density at radius 2 is 2.19 bits per heavy atom. The Morgan fingerprint density at radius 3 is 2.88 bits per heavy atom. The number of rotatable bonds is 3. The molecule has 1 aromatic heterocycles. The highest BCUT2D eigenvalue weighted by Gasteiger charge is 2.08. The molecule has 6 heteroatoms. The maximum atomic E-state index is 10.7.